The molecule has 0 fully saturated rings. The number of nitrogens with one attached hydrogen (secondary N) is 1. The van der Waals surface area contributed by atoms with E-state index in [1.807, 2.05) is 0 Å². The van der Waals surface area contributed by atoms with Gasteiger partial charge in [0.15, 0.2) is 0 Å². The molecule has 6 heteroatoms. The van der Waals surface area contributed by atoms with Gasteiger partial charge in [0.2, 0.25) is 0 Å². The van der Waals surface area contributed by atoms with Gasteiger partial charge in [-0.2, -0.15) is 0 Å². The van der Waals surface area contributed by atoms with Gasteiger partial charge in [-0.15, -0.1) is 0 Å². The Hall–Kier alpha value is -2.89. The minimum absolute atomic E-state index is 0.184. The quantitative estimate of drug-likeness (QED) is 0.861. The fraction of sp³-hybridized carbons (Fsp3) is 0.176. The lowest BCUT2D eigenvalue weighted by Gasteiger charge is -2.10. The highest BCUT2D eigenvalue weighted by atomic mass is 19.1. The monoisotopic (exact) mass is 317 g/mol. The van der Waals surface area contributed by atoms with Gasteiger partial charge in [0.25, 0.3) is 5.91 Å². The topological polar surface area (TPSA) is 64.6 Å². The first-order chi connectivity index (χ1) is 11.0. The molecule has 0 atom stereocenters. The molecule has 0 heterocycles. The van der Waals surface area contributed by atoms with Gasteiger partial charge in [-0.25, -0.2) is 9.18 Å². The van der Waals surface area contributed by atoms with Crippen LogP contribution in [0.2, 0.25) is 0 Å². The molecule has 0 bridgehead atoms. The Labute approximate surface area is 133 Å². The van der Waals surface area contributed by atoms with E-state index in [-0.39, 0.29) is 17.7 Å². The Morgan fingerprint density at radius 1 is 1.13 bits per heavy atom. The maximum atomic E-state index is 13.1. The zero-order valence-corrected chi connectivity index (χ0v) is 12.8. The molecule has 0 aliphatic rings. The largest absolute Gasteiger partial charge is 0.496 e. The minimum atomic E-state index is -0.528. The predicted molar refractivity (Wildman–Crippen MR) is 81.9 cm³/mol. The van der Waals surface area contributed by atoms with Crippen LogP contribution in [0.3, 0.4) is 0 Å². The average molecular weight is 317 g/mol. The van der Waals surface area contributed by atoms with Crippen molar-refractivity contribution in [3.8, 4) is 5.75 Å². The number of esters is 1. The average Bonchev–Trinajstić information content (AvgIpc) is 2.58. The van der Waals surface area contributed by atoms with Gasteiger partial charge in [-0.05, 0) is 35.9 Å². The van der Waals surface area contributed by atoms with Crippen LogP contribution < -0.4 is 10.1 Å². The number of hydrogen-bond acceptors (Lipinski definition) is 4. The summed E-state index contributed by atoms with van der Waals surface area (Å²) >= 11 is 0. The van der Waals surface area contributed by atoms with Crippen LogP contribution in [-0.4, -0.2) is 26.1 Å². The summed E-state index contributed by atoms with van der Waals surface area (Å²) in [6.07, 6.45) is 0. The molecule has 0 saturated carbocycles. The normalized spacial score (nSPS) is 10.0. The Morgan fingerprint density at radius 2 is 1.91 bits per heavy atom. The second kappa shape index (κ2) is 7.40. The van der Waals surface area contributed by atoms with E-state index in [4.69, 9.17) is 9.47 Å². The molecule has 0 radical (unpaired) electrons. The number of carbonyl (C=O) groups excluding carboxylic acids is 2. The van der Waals surface area contributed by atoms with Gasteiger partial charge in [-0.3, -0.25) is 4.79 Å². The molecule has 0 aromatic heterocycles. The van der Waals surface area contributed by atoms with Crippen molar-refractivity contribution in [1.29, 1.82) is 0 Å². The Morgan fingerprint density at radius 3 is 2.57 bits per heavy atom. The van der Waals surface area contributed by atoms with Crippen molar-refractivity contribution in [3.63, 3.8) is 0 Å². The first kappa shape index (κ1) is 16.5. The van der Waals surface area contributed by atoms with Gasteiger partial charge in [0.1, 0.15) is 17.1 Å². The van der Waals surface area contributed by atoms with Crippen LogP contribution in [0.1, 0.15) is 26.3 Å². The molecule has 5 nitrogen and oxygen atoms in total. The summed E-state index contributed by atoms with van der Waals surface area (Å²) in [5, 5.41) is 2.67. The van der Waals surface area contributed by atoms with E-state index in [0.29, 0.717) is 11.3 Å². The fourth-order valence-electron chi connectivity index (χ4n) is 2.05. The summed E-state index contributed by atoms with van der Waals surface area (Å²) in [7, 11) is 2.73. The van der Waals surface area contributed by atoms with E-state index in [2.05, 4.69) is 5.32 Å². The van der Waals surface area contributed by atoms with Crippen molar-refractivity contribution in [2.24, 2.45) is 0 Å². The molecular formula is C17H16FNO4. The maximum Gasteiger partial charge on any atom is 0.341 e. The van der Waals surface area contributed by atoms with Gasteiger partial charge >= 0.3 is 5.97 Å². The van der Waals surface area contributed by atoms with Crippen molar-refractivity contribution in [2.45, 2.75) is 6.54 Å². The van der Waals surface area contributed by atoms with Crippen LogP contribution in [0, 0.1) is 5.82 Å². The molecular weight excluding hydrogens is 301 g/mol. The smallest absolute Gasteiger partial charge is 0.341 e. The molecule has 0 aliphatic heterocycles. The van der Waals surface area contributed by atoms with Gasteiger partial charge in [0.05, 0.1) is 14.2 Å². The van der Waals surface area contributed by atoms with Crippen molar-refractivity contribution in [2.75, 3.05) is 14.2 Å². The number of amides is 1. The Kier molecular flexibility index (Phi) is 5.30. The summed E-state index contributed by atoms with van der Waals surface area (Å²) in [5.41, 5.74) is 1.19. The molecule has 120 valence electrons. The Balaban J connectivity index is 2.11. The molecule has 0 unspecified atom stereocenters. The molecule has 2 aromatic carbocycles. The van der Waals surface area contributed by atoms with E-state index in [0.717, 1.165) is 6.07 Å². The fourth-order valence-corrected chi connectivity index (χ4v) is 2.05. The summed E-state index contributed by atoms with van der Waals surface area (Å²) in [4.78, 5) is 23.7. The summed E-state index contributed by atoms with van der Waals surface area (Å²) in [6, 6.07) is 10.3. The third-order valence-corrected chi connectivity index (χ3v) is 3.21. The summed E-state index contributed by atoms with van der Waals surface area (Å²) in [6.45, 7) is 0.184. The third-order valence-electron chi connectivity index (χ3n) is 3.21. The number of ether oxygens (including phenoxy) is 2. The lowest BCUT2D eigenvalue weighted by atomic mass is 10.1. The van der Waals surface area contributed by atoms with E-state index >= 15 is 0 Å². The highest BCUT2D eigenvalue weighted by Crippen LogP contribution is 2.20. The number of carbonyl (C=O) groups is 2. The molecule has 0 spiro atoms. The molecule has 0 aliphatic carbocycles. The summed E-state index contributed by atoms with van der Waals surface area (Å²) in [5.74, 6) is -1.02. The molecule has 2 aromatic rings. The standard InChI is InChI=1S/C17H16FNO4/c1-22-15-7-6-11(8-14(15)17(21)23-2)10-19-16(20)12-4-3-5-13(18)9-12/h3-9H,10H2,1-2H3,(H,19,20). The van der Waals surface area contributed by atoms with Crippen LogP contribution in [0.25, 0.3) is 0 Å². The second-order valence-electron chi connectivity index (χ2n) is 4.72. The van der Waals surface area contributed by atoms with Crippen molar-refractivity contribution >= 4 is 11.9 Å². The van der Waals surface area contributed by atoms with Crippen molar-refractivity contribution < 1.29 is 23.5 Å². The number of methoxy groups -OCH3 is 2. The van der Waals surface area contributed by atoms with Crippen LogP contribution in [-0.2, 0) is 11.3 Å². The maximum absolute atomic E-state index is 13.1. The summed E-state index contributed by atoms with van der Waals surface area (Å²) < 4.78 is 22.9. The molecule has 23 heavy (non-hydrogen) atoms. The predicted octanol–water partition coefficient (Wildman–Crippen LogP) is 2.55. The highest BCUT2D eigenvalue weighted by Gasteiger charge is 2.14. The first-order valence-corrected chi connectivity index (χ1v) is 6.84. The lowest BCUT2D eigenvalue weighted by Crippen LogP contribution is -2.23. The van der Waals surface area contributed by atoms with Crippen LogP contribution in [0.4, 0.5) is 4.39 Å². The van der Waals surface area contributed by atoms with Gasteiger partial charge in [-0.1, -0.05) is 12.1 Å². The van der Waals surface area contributed by atoms with Crippen LogP contribution >= 0.6 is 0 Å². The molecule has 0 saturated heterocycles. The molecule has 1 N–H and O–H groups in total. The van der Waals surface area contributed by atoms with E-state index in [9.17, 15) is 14.0 Å². The zero-order chi connectivity index (χ0) is 16.8. The zero-order valence-electron chi connectivity index (χ0n) is 12.8. The number of benzene rings is 2. The van der Waals surface area contributed by atoms with Gasteiger partial charge < -0.3 is 14.8 Å². The highest BCUT2D eigenvalue weighted by molar-refractivity contribution is 5.94. The third kappa shape index (κ3) is 4.06. The second-order valence-corrected chi connectivity index (χ2v) is 4.72. The SMILES string of the molecule is COC(=O)c1cc(CNC(=O)c2cccc(F)c2)ccc1OC. The van der Waals surface area contributed by atoms with Crippen LogP contribution in [0.15, 0.2) is 42.5 Å². The first-order valence-electron chi connectivity index (χ1n) is 6.84. The number of hydrogen-bond donors (Lipinski definition) is 1. The van der Waals surface area contributed by atoms with E-state index in [1.54, 1.807) is 18.2 Å². The van der Waals surface area contributed by atoms with Gasteiger partial charge in [0, 0.05) is 12.1 Å². The van der Waals surface area contributed by atoms with Crippen molar-refractivity contribution in [3.05, 3.63) is 65.0 Å². The molecule has 2 rings (SSSR count). The van der Waals surface area contributed by atoms with E-state index in [1.165, 1.54) is 32.4 Å². The Bertz CT molecular complexity index is 730. The van der Waals surface area contributed by atoms with Crippen molar-refractivity contribution in [1.82, 2.24) is 5.32 Å². The minimum Gasteiger partial charge on any atom is -0.496 e. The number of halogens is 1. The number of rotatable bonds is 5. The molecule has 1 amide bonds. The lowest BCUT2D eigenvalue weighted by molar-refractivity contribution is 0.0597. The van der Waals surface area contributed by atoms with E-state index < -0.39 is 17.7 Å². The van der Waals surface area contributed by atoms with Crippen LogP contribution in [0.5, 0.6) is 5.75 Å².